The fraction of sp³-hybridized carbons (Fsp3) is 0.214. The van der Waals surface area contributed by atoms with Crippen LogP contribution in [-0.2, 0) is 23.1 Å². The van der Waals surface area contributed by atoms with Gasteiger partial charge in [-0.3, -0.25) is 4.98 Å². The van der Waals surface area contributed by atoms with Gasteiger partial charge in [0.05, 0.1) is 5.69 Å². The number of sulfonamides is 1. The van der Waals surface area contributed by atoms with E-state index in [4.69, 9.17) is 5.73 Å². The lowest BCUT2D eigenvalue weighted by molar-refractivity contribution is 0.466. The first-order valence-corrected chi connectivity index (χ1v) is 7.73. The smallest absolute Gasteiger partial charge is 0.244 e. The van der Waals surface area contributed by atoms with Gasteiger partial charge in [0.25, 0.3) is 0 Å². The lowest BCUT2D eigenvalue weighted by Crippen LogP contribution is -2.26. The number of hydrogen-bond acceptors (Lipinski definition) is 4. The van der Waals surface area contributed by atoms with Gasteiger partial charge in [-0.25, -0.2) is 12.8 Å². The summed E-state index contributed by atoms with van der Waals surface area (Å²) in [5.41, 5.74) is 6.75. The summed E-state index contributed by atoms with van der Waals surface area (Å²) in [6.45, 7) is 0.410. The minimum absolute atomic E-state index is 0.101. The first-order valence-electron chi connectivity index (χ1n) is 6.29. The summed E-state index contributed by atoms with van der Waals surface area (Å²) in [6, 6.07) is 8.76. The Kier molecular flexibility index (Phi) is 4.66. The van der Waals surface area contributed by atoms with Gasteiger partial charge in [-0.1, -0.05) is 12.1 Å². The number of aromatic nitrogens is 1. The molecule has 0 fully saturated rings. The van der Waals surface area contributed by atoms with Gasteiger partial charge in [0, 0.05) is 26.3 Å². The molecular formula is C14H16FN3O2S. The molecule has 1 heterocycles. The number of pyridine rings is 1. The minimum atomic E-state index is -3.64. The van der Waals surface area contributed by atoms with Crippen LogP contribution in [0.1, 0.15) is 11.3 Å². The maximum absolute atomic E-state index is 12.8. The summed E-state index contributed by atoms with van der Waals surface area (Å²) < 4.78 is 38.8. The number of rotatable bonds is 5. The molecular weight excluding hydrogens is 293 g/mol. The van der Waals surface area contributed by atoms with Crippen LogP contribution in [0.4, 0.5) is 4.39 Å². The largest absolute Gasteiger partial charge is 0.325 e. The molecule has 0 bridgehead atoms. The fourth-order valence-electron chi connectivity index (χ4n) is 1.80. The van der Waals surface area contributed by atoms with Gasteiger partial charge in [-0.2, -0.15) is 4.31 Å². The molecule has 0 amide bonds. The third-order valence-electron chi connectivity index (χ3n) is 3.03. The van der Waals surface area contributed by atoms with Gasteiger partial charge in [0.1, 0.15) is 10.7 Å². The van der Waals surface area contributed by atoms with Gasteiger partial charge < -0.3 is 5.73 Å². The monoisotopic (exact) mass is 309 g/mol. The summed E-state index contributed by atoms with van der Waals surface area (Å²) >= 11 is 0. The number of nitrogens with zero attached hydrogens (tertiary/aromatic N) is 2. The number of benzene rings is 1. The maximum Gasteiger partial charge on any atom is 0.244 e. The van der Waals surface area contributed by atoms with Crippen molar-refractivity contribution in [1.29, 1.82) is 0 Å². The highest BCUT2D eigenvalue weighted by Crippen LogP contribution is 2.16. The van der Waals surface area contributed by atoms with Crippen LogP contribution in [0.15, 0.2) is 47.5 Å². The quantitative estimate of drug-likeness (QED) is 0.908. The third-order valence-corrected chi connectivity index (χ3v) is 4.82. The van der Waals surface area contributed by atoms with E-state index in [1.54, 1.807) is 18.2 Å². The standard InChI is InChI=1S/C14H16FN3O2S/c1-18(10-11-2-4-12(15)5-3-11)21(19,20)14-7-6-13(8-16)17-9-14/h2-7,9H,8,10,16H2,1H3. The molecule has 0 unspecified atom stereocenters. The van der Waals surface area contributed by atoms with E-state index in [9.17, 15) is 12.8 Å². The van der Waals surface area contributed by atoms with Crippen molar-refractivity contribution in [3.63, 3.8) is 0 Å². The van der Waals surface area contributed by atoms with Crippen LogP contribution in [0.5, 0.6) is 0 Å². The second-order valence-corrected chi connectivity index (χ2v) is 6.62. The van der Waals surface area contributed by atoms with Crippen LogP contribution in [0.25, 0.3) is 0 Å². The molecule has 1 aromatic heterocycles. The molecule has 0 aliphatic rings. The predicted molar refractivity (Wildman–Crippen MR) is 77.2 cm³/mol. The molecule has 2 N–H and O–H groups in total. The van der Waals surface area contributed by atoms with Gasteiger partial charge in [-0.05, 0) is 29.8 Å². The van der Waals surface area contributed by atoms with Crippen LogP contribution in [-0.4, -0.2) is 24.8 Å². The van der Waals surface area contributed by atoms with E-state index in [2.05, 4.69) is 4.98 Å². The molecule has 0 aliphatic heterocycles. The molecule has 0 atom stereocenters. The Hall–Kier alpha value is -1.83. The van der Waals surface area contributed by atoms with Crippen LogP contribution in [0.3, 0.4) is 0 Å². The first-order chi connectivity index (χ1) is 9.93. The van der Waals surface area contributed by atoms with Crippen LogP contribution < -0.4 is 5.73 Å². The topological polar surface area (TPSA) is 76.3 Å². The summed E-state index contributed by atoms with van der Waals surface area (Å²) in [5.74, 6) is -0.356. The van der Waals surface area contributed by atoms with Gasteiger partial charge in [-0.15, -0.1) is 0 Å². The van der Waals surface area contributed by atoms with E-state index in [0.29, 0.717) is 11.3 Å². The van der Waals surface area contributed by atoms with Crippen molar-refractivity contribution in [2.45, 2.75) is 18.0 Å². The van der Waals surface area contributed by atoms with E-state index in [1.165, 1.54) is 35.7 Å². The Labute approximate surface area is 123 Å². The van der Waals surface area contributed by atoms with Crippen molar-refractivity contribution < 1.29 is 12.8 Å². The second kappa shape index (κ2) is 6.30. The van der Waals surface area contributed by atoms with E-state index >= 15 is 0 Å². The number of nitrogens with two attached hydrogens (primary N) is 1. The zero-order valence-electron chi connectivity index (χ0n) is 11.5. The number of halogens is 1. The van der Waals surface area contributed by atoms with Crippen molar-refractivity contribution in [3.8, 4) is 0 Å². The fourth-order valence-corrected chi connectivity index (χ4v) is 2.90. The van der Waals surface area contributed by atoms with E-state index in [-0.39, 0.29) is 23.8 Å². The zero-order valence-corrected chi connectivity index (χ0v) is 12.3. The zero-order chi connectivity index (χ0) is 15.5. The Morgan fingerprint density at radius 2 is 1.86 bits per heavy atom. The van der Waals surface area contributed by atoms with Crippen LogP contribution in [0, 0.1) is 5.82 Å². The Bertz CT molecular complexity index is 700. The Morgan fingerprint density at radius 1 is 1.19 bits per heavy atom. The molecule has 0 aliphatic carbocycles. The van der Waals surface area contributed by atoms with Crippen molar-refractivity contribution in [3.05, 3.63) is 59.7 Å². The molecule has 0 radical (unpaired) electrons. The summed E-state index contributed by atoms with van der Waals surface area (Å²) in [4.78, 5) is 4.09. The Morgan fingerprint density at radius 3 is 2.38 bits per heavy atom. The highest BCUT2D eigenvalue weighted by Gasteiger charge is 2.21. The van der Waals surface area contributed by atoms with E-state index < -0.39 is 10.0 Å². The Balaban J connectivity index is 2.19. The molecule has 112 valence electrons. The average molecular weight is 309 g/mol. The van der Waals surface area contributed by atoms with Gasteiger partial charge in [0.2, 0.25) is 10.0 Å². The maximum atomic E-state index is 12.8. The van der Waals surface area contributed by atoms with Crippen molar-refractivity contribution >= 4 is 10.0 Å². The predicted octanol–water partition coefficient (Wildman–Crippen LogP) is 1.50. The van der Waals surface area contributed by atoms with Gasteiger partial charge in [0.15, 0.2) is 0 Å². The van der Waals surface area contributed by atoms with Crippen LogP contribution >= 0.6 is 0 Å². The molecule has 2 rings (SSSR count). The SMILES string of the molecule is CN(Cc1ccc(F)cc1)S(=O)(=O)c1ccc(CN)nc1. The minimum Gasteiger partial charge on any atom is -0.325 e. The molecule has 0 spiro atoms. The molecule has 0 saturated heterocycles. The molecule has 5 nitrogen and oxygen atoms in total. The molecule has 1 aromatic carbocycles. The highest BCUT2D eigenvalue weighted by molar-refractivity contribution is 7.89. The molecule has 2 aromatic rings. The van der Waals surface area contributed by atoms with Gasteiger partial charge >= 0.3 is 0 Å². The van der Waals surface area contributed by atoms with Crippen molar-refractivity contribution in [2.24, 2.45) is 5.73 Å². The van der Waals surface area contributed by atoms with Crippen molar-refractivity contribution in [2.75, 3.05) is 7.05 Å². The normalized spacial score (nSPS) is 11.8. The summed E-state index contributed by atoms with van der Waals surface area (Å²) in [6.07, 6.45) is 1.29. The average Bonchev–Trinajstić information content (AvgIpc) is 2.49. The molecule has 7 heteroatoms. The highest BCUT2D eigenvalue weighted by atomic mass is 32.2. The van der Waals surface area contributed by atoms with Crippen molar-refractivity contribution in [1.82, 2.24) is 9.29 Å². The second-order valence-electron chi connectivity index (χ2n) is 4.58. The lowest BCUT2D eigenvalue weighted by atomic mass is 10.2. The van der Waals surface area contributed by atoms with Crippen LogP contribution in [0.2, 0.25) is 0 Å². The van der Waals surface area contributed by atoms with E-state index in [0.717, 1.165) is 0 Å². The summed E-state index contributed by atoms with van der Waals surface area (Å²) in [5, 5.41) is 0. The summed E-state index contributed by atoms with van der Waals surface area (Å²) in [7, 11) is -2.17. The third kappa shape index (κ3) is 3.63. The van der Waals surface area contributed by atoms with E-state index in [1.807, 2.05) is 0 Å². The number of hydrogen-bond donors (Lipinski definition) is 1. The molecule has 21 heavy (non-hydrogen) atoms. The first kappa shape index (κ1) is 15.6. The lowest BCUT2D eigenvalue weighted by Gasteiger charge is -2.17. The molecule has 0 saturated carbocycles.